The van der Waals surface area contributed by atoms with Crippen LogP contribution in [0.4, 0.5) is 0 Å². The summed E-state index contributed by atoms with van der Waals surface area (Å²) in [5.74, 6) is 0. The topological polar surface area (TPSA) is 12.4 Å². The third-order valence-electron chi connectivity index (χ3n) is 1.96. The van der Waals surface area contributed by atoms with Gasteiger partial charge in [-0.05, 0) is 31.9 Å². The van der Waals surface area contributed by atoms with Crippen LogP contribution in [0.25, 0.3) is 0 Å². The van der Waals surface area contributed by atoms with Gasteiger partial charge >= 0.3 is 0 Å². The highest BCUT2D eigenvalue weighted by Crippen LogP contribution is 2.22. The van der Waals surface area contributed by atoms with E-state index in [2.05, 4.69) is 11.9 Å². The molecule has 1 nitrogen and oxygen atoms in total. The third-order valence-corrected chi connectivity index (χ3v) is 2.65. The van der Waals surface area contributed by atoms with Crippen molar-refractivity contribution in [2.45, 2.75) is 32.2 Å². The maximum Gasteiger partial charge on any atom is 0.0769 e. The summed E-state index contributed by atoms with van der Waals surface area (Å²) < 4.78 is 0. The standard InChI is InChI=1S/C8H12ClN/c1-5-4-10-7(3)8(9)6(5)2/h4,7-8H,1-3H3/t7-,8?/m0/s1. The van der Waals surface area contributed by atoms with Crippen LogP contribution in [-0.4, -0.2) is 17.6 Å². The molecule has 1 unspecified atom stereocenters. The second-order valence-corrected chi connectivity index (χ2v) is 3.26. The monoisotopic (exact) mass is 157 g/mol. The summed E-state index contributed by atoms with van der Waals surface area (Å²) >= 11 is 6.04. The number of aliphatic imine (C=N–C) groups is 1. The number of nitrogens with zero attached hydrogens (tertiary/aromatic N) is 1. The SMILES string of the molecule is CC1=C(C)C(Cl)[C@H](C)N=C1. The van der Waals surface area contributed by atoms with Gasteiger partial charge in [0.15, 0.2) is 0 Å². The molecule has 0 amide bonds. The maximum absolute atomic E-state index is 6.04. The van der Waals surface area contributed by atoms with Gasteiger partial charge in [-0.3, -0.25) is 4.99 Å². The molecular formula is C8H12ClN. The molecule has 0 aromatic heterocycles. The van der Waals surface area contributed by atoms with Crippen molar-refractivity contribution in [2.24, 2.45) is 4.99 Å². The summed E-state index contributed by atoms with van der Waals surface area (Å²) in [5, 5.41) is 0.102. The molecular weight excluding hydrogens is 146 g/mol. The lowest BCUT2D eigenvalue weighted by Crippen LogP contribution is -2.21. The molecule has 0 aliphatic carbocycles. The zero-order chi connectivity index (χ0) is 7.72. The molecule has 0 spiro atoms. The first kappa shape index (κ1) is 7.80. The molecule has 1 heterocycles. The first-order valence-corrected chi connectivity index (χ1v) is 3.91. The molecule has 56 valence electrons. The smallest absolute Gasteiger partial charge is 0.0769 e. The normalized spacial score (nSPS) is 33.2. The molecule has 1 aliphatic rings. The van der Waals surface area contributed by atoms with Crippen LogP contribution in [0.2, 0.25) is 0 Å². The Bertz CT molecular complexity index is 193. The average molecular weight is 158 g/mol. The lowest BCUT2D eigenvalue weighted by molar-refractivity contribution is 0.730. The first-order chi connectivity index (χ1) is 4.63. The Morgan fingerprint density at radius 3 is 2.60 bits per heavy atom. The average Bonchev–Trinajstić information content (AvgIpc) is 1.93. The van der Waals surface area contributed by atoms with E-state index in [4.69, 9.17) is 11.6 Å². The van der Waals surface area contributed by atoms with Crippen molar-refractivity contribution in [1.82, 2.24) is 0 Å². The van der Waals surface area contributed by atoms with Gasteiger partial charge < -0.3 is 0 Å². The molecule has 0 fully saturated rings. The fourth-order valence-corrected chi connectivity index (χ4v) is 1.22. The van der Waals surface area contributed by atoms with Gasteiger partial charge in [-0.25, -0.2) is 0 Å². The van der Waals surface area contributed by atoms with Gasteiger partial charge in [-0.1, -0.05) is 0 Å². The van der Waals surface area contributed by atoms with Crippen molar-refractivity contribution in [2.75, 3.05) is 0 Å². The molecule has 0 aromatic carbocycles. The quantitative estimate of drug-likeness (QED) is 0.479. The number of alkyl halides is 1. The molecule has 0 N–H and O–H groups in total. The lowest BCUT2D eigenvalue weighted by atomic mass is 10.0. The number of allylic oxidation sites excluding steroid dienone is 1. The van der Waals surface area contributed by atoms with Crippen LogP contribution in [0.1, 0.15) is 20.8 Å². The predicted molar refractivity (Wildman–Crippen MR) is 46.0 cm³/mol. The molecule has 1 aliphatic heterocycles. The Kier molecular flexibility index (Phi) is 2.14. The van der Waals surface area contributed by atoms with E-state index in [-0.39, 0.29) is 11.4 Å². The molecule has 1 rings (SSSR count). The largest absolute Gasteiger partial charge is 0.288 e. The van der Waals surface area contributed by atoms with E-state index in [1.807, 2.05) is 20.1 Å². The van der Waals surface area contributed by atoms with Crippen LogP contribution in [0.5, 0.6) is 0 Å². The van der Waals surface area contributed by atoms with Gasteiger partial charge in [0.1, 0.15) is 0 Å². The summed E-state index contributed by atoms with van der Waals surface area (Å²) in [6.45, 7) is 6.14. The van der Waals surface area contributed by atoms with Gasteiger partial charge in [0.25, 0.3) is 0 Å². The molecule has 10 heavy (non-hydrogen) atoms. The molecule has 0 saturated heterocycles. The van der Waals surface area contributed by atoms with Crippen LogP contribution in [0.3, 0.4) is 0 Å². The lowest BCUT2D eigenvalue weighted by Gasteiger charge is -2.20. The summed E-state index contributed by atoms with van der Waals surface area (Å²) in [7, 11) is 0. The first-order valence-electron chi connectivity index (χ1n) is 3.47. The fourth-order valence-electron chi connectivity index (χ4n) is 0.986. The second kappa shape index (κ2) is 2.75. The molecule has 0 aromatic rings. The van der Waals surface area contributed by atoms with E-state index in [0.717, 1.165) is 0 Å². The van der Waals surface area contributed by atoms with Crippen LogP contribution in [-0.2, 0) is 0 Å². The van der Waals surface area contributed by atoms with E-state index in [1.54, 1.807) is 0 Å². The highest BCUT2D eigenvalue weighted by Gasteiger charge is 2.19. The van der Waals surface area contributed by atoms with Crippen LogP contribution in [0.15, 0.2) is 16.1 Å². The van der Waals surface area contributed by atoms with Crippen LogP contribution >= 0.6 is 11.6 Å². The number of rotatable bonds is 0. The van der Waals surface area contributed by atoms with Crippen molar-refractivity contribution >= 4 is 17.8 Å². The Labute approximate surface area is 66.8 Å². The fraction of sp³-hybridized carbons (Fsp3) is 0.625. The van der Waals surface area contributed by atoms with Crippen molar-refractivity contribution in [1.29, 1.82) is 0 Å². The zero-order valence-corrected chi connectivity index (χ0v) is 7.31. The van der Waals surface area contributed by atoms with Crippen molar-refractivity contribution in [3.8, 4) is 0 Å². The van der Waals surface area contributed by atoms with Crippen molar-refractivity contribution in [3.05, 3.63) is 11.1 Å². The minimum absolute atomic E-state index is 0.102. The number of halogens is 1. The highest BCUT2D eigenvalue weighted by atomic mass is 35.5. The number of hydrogen-bond donors (Lipinski definition) is 0. The van der Waals surface area contributed by atoms with Crippen LogP contribution in [0, 0.1) is 0 Å². The van der Waals surface area contributed by atoms with E-state index in [9.17, 15) is 0 Å². The summed E-state index contributed by atoms with van der Waals surface area (Å²) in [6.07, 6.45) is 1.90. The van der Waals surface area contributed by atoms with E-state index in [1.165, 1.54) is 11.1 Å². The highest BCUT2D eigenvalue weighted by molar-refractivity contribution is 6.23. The summed E-state index contributed by atoms with van der Waals surface area (Å²) in [5.41, 5.74) is 2.46. The van der Waals surface area contributed by atoms with Crippen LogP contribution < -0.4 is 0 Å². The number of hydrogen-bond acceptors (Lipinski definition) is 1. The summed E-state index contributed by atoms with van der Waals surface area (Å²) in [4.78, 5) is 4.23. The summed E-state index contributed by atoms with van der Waals surface area (Å²) in [6, 6.07) is 0.241. The Morgan fingerprint density at radius 1 is 1.50 bits per heavy atom. The van der Waals surface area contributed by atoms with Gasteiger partial charge in [0.05, 0.1) is 11.4 Å². The predicted octanol–water partition coefficient (Wildman–Crippen LogP) is 2.40. The molecule has 2 atom stereocenters. The maximum atomic E-state index is 6.04. The molecule has 2 heteroatoms. The van der Waals surface area contributed by atoms with Gasteiger partial charge in [-0.2, -0.15) is 0 Å². The van der Waals surface area contributed by atoms with Gasteiger partial charge in [0, 0.05) is 6.21 Å². The Hall–Kier alpha value is -0.300. The van der Waals surface area contributed by atoms with Crippen molar-refractivity contribution in [3.63, 3.8) is 0 Å². The third kappa shape index (κ3) is 1.24. The Morgan fingerprint density at radius 2 is 2.10 bits per heavy atom. The van der Waals surface area contributed by atoms with E-state index in [0.29, 0.717) is 0 Å². The number of dihydropyridines is 1. The Balaban J connectivity index is 2.88. The zero-order valence-electron chi connectivity index (χ0n) is 6.56. The van der Waals surface area contributed by atoms with E-state index >= 15 is 0 Å². The van der Waals surface area contributed by atoms with Gasteiger partial charge in [-0.15, -0.1) is 11.6 Å². The molecule has 0 bridgehead atoms. The minimum atomic E-state index is 0.102. The minimum Gasteiger partial charge on any atom is -0.288 e. The van der Waals surface area contributed by atoms with Crippen molar-refractivity contribution < 1.29 is 0 Å². The molecule has 0 saturated carbocycles. The second-order valence-electron chi connectivity index (χ2n) is 2.79. The van der Waals surface area contributed by atoms with E-state index < -0.39 is 0 Å². The van der Waals surface area contributed by atoms with Gasteiger partial charge in [0.2, 0.25) is 0 Å². The molecule has 0 radical (unpaired) electrons.